The Morgan fingerprint density at radius 3 is 2.69 bits per heavy atom. The number of nitrogens with one attached hydrogen (secondary N) is 1. The minimum atomic E-state index is -3.60. The first-order valence-electron chi connectivity index (χ1n) is 11.5. The molecule has 2 aromatic carbocycles. The van der Waals surface area contributed by atoms with E-state index in [1.165, 1.54) is 21.7 Å². The molecule has 1 aliphatic rings. The van der Waals surface area contributed by atoms with Gasteiger partial charge < -0.3 is 5.32 Å². The first-order chi connectivity index (χ1) is 16.9. The van der Waals surface area contributed by atoms with Crippen molar-refractivity contribution in [3.8, 4) is 0 Å². The molecule has 0 atom stereocenters. The van der Waals surface area contributed by atoms with E-state index in [1.807, 2.05) is 30.3 Å². The van der Waals surface area contributed by atoms with Gasteiger partial charge in [0.05, 0.1) is 11.4 Å². The van der Waals surface area contributed by atoms with Gasteiger partial charge in [-0.3, -0.25) is 4.79 Å². The number of ketones is 1. The quantitative estimate of drug-likeness (QED) is 0.290. The van der Waals surface area contributed by atoms with E-state index in [4.69, 9.17) is 0 Å². The molecule has 1 aliphatic heterocycles. The predicted octanol–water partition coefficient (Wildman–Crippen LogP) is 5.06. The van der Waals surface area contributed by atoms with Crippen molar-refractivity contribution in [2.75, 3.05) is 30.7 Å². The molecule has 0 unspecified atom stereocenters. The van der Waals surface area contributed by atoms with Crippen LogP contribution in [0.25, 0.3) is 6.08 Å². The number of Topliss-reactive ketones (excluding diaryl/α,β-unsaturated/α-hetero) is 1. The Morgan fingerprint density at radius 1 is 1.14 bits per heavy atom. The van der Waals surface area contributed by atoms with Gasteiger partial charge in [0.2, 0.25) is 15.2 Å². The number of sulfonamides is 1. The van der Waals surface area contributed by atoms with Crippen LogP contribution in [0.4, 0.5) is 5.13 Å². The molecule has 1 aromatic heterocycles. The predicted molar refractivity (Wildman–Crippen MR) is 143 cm³/mol. The molecule has 35 heavy (non-hydrogen) atoms. The SMILES string of the molecule is CC1CCN(S(=O)(=O)c2cccc(C(=O)CNc3nnc(SC/C=C/c4ccccc4)s3)c2)CC1. The summed E-state index contributed by atoms with van der Waals surface area (Å²) < 4.78 is 28.4. The Hall–Kier alpha value is -2.53. The monoisotopic (exact) mass is 528 g/mol. The number of hydrogen-bond acceptors (Lipinski definition) is 8. The minimum absolute atomic E-state index is 0.0118. The van der Waals surface area contributed by atoms with Gasteiger partial charge in [0.25, 0.3) is 0 Å². The van der Waals surface area contributed by atoms with E-state index >= 15 is 0 Å². The van der Waals surface area contributed by atoms with E-state index in [1.54, 1.807) is 30.0 Å². The number of piperidine rings is 1. The second-order valence-electron chi connectivity index (χ2n) is 8.39. The highest BCUT2D eigenvalue weighted by Crippen LogP contribution is 2.26. The van der Waals surface area contributed by atoms with Crippen molar-refractivity contribution in [1.82, 2.24) is 14.5 Å². The van der Waals surface area contributed by atoms with Gasteiger partial charge >= 0.3 is 0 Å². The lowest BCUT2D eigenvalue weighted by Gasteiger charge is -2.29. The third-order valence-electron chi connectivity index (χ3n) is 5.76. The summed E-state index contributed by atoms with van der Waals surface area (Å²) in [6.07, 6.45) is 5.84. The van der Waals surface area contributed by atoms with Crippen LogP contribution in [-0.4, -0.2) is 54.1 Å². The smallest absolute Gasteiger partial charge is 0.243 e. The summed E-state index contributed by atoms with van der Waals surface area (Å²) in [5, 5.41) is 11.8. The lowest BCUT2D eigenvalue weighted by Crippen LogP contribution is -2.37. The van der Waals surface area contributed by atoms with Gasteiger partial charge in [0.1, 0.15) is 0 Å². The fourth-order valence-corrected chi connectivity index (χ4v) is 6.77. The third kappa shape index (κ3) is 7.00. The maximum absolute atomic E-state index is 13.0. The number of thioether (sulfide) groups is 1. The third-order valence-corrected chi connectivity index (χ3v) is 9.62. The van der Waals surface area contributed by atoms with Gasteiger partial charge in [-0.15, -0.1) is 10.2 Å². The maximum atomic E-state index is 13.0. The molecule has 4 rings (SSSR count). The minimum Gasteiger partial charge on any atom is -0.353 e. The van der Waals surface area contributed by atoms with Crippen LogP contribution in [0.15, 0.2) is 69.9 Å². The van der Waals surface area contributed by atoms with Crippen molar-refractivity contribution >= 4 is 50.1 Å². The highest BCUT2D eigenvalue weighted by Gasteiger charge is 2.28. The fraction of sp³-hybridized carbons (Fsp3) is 0.320. The molecule has 184 valence electrons. The number of aromatic nitrogens is 2. The summed E-state index contributed by atoms with van der Waals surface area (Å²) in [4.78, 5) is 12.9. The van der Waals surface area contributed by atoms with Gasteiger partial charge in [-0.2, -0.15) is 4.31 Å². The van der Waals surface area contributed by atoms with Crippen molar-refractivity contribution in [2.45, 2.75) is 29.0 Å². The summed E-state index contributed by atoms with van der Waals surface area (Å²) in [7, 11) is -3.60. The molecule has 0 spiro atoms. The molecule has 1 saturated heterocycles. The van der Waals surface area contributed by atoms with Crippen molar-refractivity contribution < 1.29 is 13.2 Å². The summed E-state index contributed by atoms with van der Waals surface area (Å²) >= 11 is 2.95. The second kappa shape index (κ2) is 11.9. The van der Waals surface area contributed by atoms with Crippen molar-refractivity contribution in [2.24, 2.45) is 5.92 Å². The van der Waals surface area contributed by atoms with Crippen LogP contribution in [0.2, 0.25) is 0 Å². The van der Waals surface area contributed by atoms with Crippen molar-refractivity contribution in [1.29, 1.82) is 0 Å². The van der Waals surface area contributed by atoms with Crippen molar-refractivity contribution in [3.63, 3.8) is 0 Å². The summed E-state index contributed by atoms with van der Waals surface area (Å²) in [5.74, 6) is 1.09. The van der Waals surface area contributed by atoms with Gasteiger partial charge in [0, 0.05) is 24.4 Å². The number of hydrogen-bond donors (Lipinski definition) is 1. The molecule has 1 N–H and O–H groups in total. The summed E-state index contributed by atoms with van der Waals surface area (Å²) in [5.41, 5.74) is 1.50. The Kier molecular flexibility index (Phi) is 8.72. The lowest BCUT2D eigenvalue weighted by atomic mass is 10.0. The first-order valence-corrected chi connectivity index (χ1v) is 14.7. The molecule has 7 nitrogen and oxygen atoms in total. The molecular weight excluding hydrogens is 501 g/mol. The molecule has 10 heteroatoms. The van der Waals surface area contributed by atoms with Gasteiger partial charge in [-0.25, -0.2) is 8.42 Å². The number of benzene rings is 2. The lowest BCUT2D eigenvalue weighted by molar-refractivity contribution is 0.101. The number of carbonyl (C=O) groups excluding carboxylic acids is 1. The number of carbonyl (C=O) groups is 1. The topological polar surface area (TPSA) is 92.3 Å². The Balaban J connectivity index is 1.30. The Morgan fingerprint density at radius 2 is 1.91 bits per heavy atom. The van der Waals surface area contributed by atoms with E-state index in [2.05, 4.69) is 34.6 Å². The van der Waals surface area contributed by atoms with Crippen LogP contribution in [-0.2, 0) is 10.0 Å². The van der Waals surface area contributed by atoms with Gasteiger partial charge in [0.15, 0.2) is 10.1 Å². The largest absolute Gasteiger partial charge is 0.353 e. The molecule has 1 fully saturated rings. The Labute approximate surface area is 214 Å². The average molecular weight is 529 g/mol. The zero-order valence-electron chi connectivity index (χ0n) is 19.5. The molecule has 0 saturated carbocycles. The molecule has 0 bridgehead atoms. The van der Waals surface area contributed by atoms with Crippen molar-refractivity contribution in [3.05, 3.63) is 71.8 Å². The summed E-state index contributed by atoms with van der Waals surface area (Å²) in [6, 6.07) is 16.4. The molecule has 0 radical (unpaired) electrons. The number of anilines is 1. The standard InChI is InChI=1S/C25H28N4O3S3/c1-19-12-14-29(15-13-19)35(31,32)22-11-5-10-21(17-22)23(30)18-26-24-27-28-25(34-24)33-16-6-9-20-7-3-2-4-8-20/h2-11,17,19H,12-16,18H2,1H3,(H,26,27)/b9-6+. The van der Waals surface area contributed by atoms with Crippen LogP contribution >= 0.6 is 23.1 Å². The Bertz CT molecular complexity index is 1270. The number of nitrogens with zero attached hydrogens (tertiary/aromatic N) is 3. The second-order valence-corrected chi connectivity index (χ2v) is 12.6. The summed E-state index contributed by atoms with van der Waals surface area (Å²) in [6.45, 7) is 3.18. The van der Waals surface area contributed by atoms with Crippen LogP contribution in [0, 0.1) is 5.92 Å². The molecule has 3 aromatic rings. The molecule has 0 aliphatic carbocycles. The zero-order chi connectivity index (χ0) is 24.7. The van der Waals surface area contributed by atoms with E-state index in [-0.39, 0.29) is 17.2 Å². The van der Waals surface area contributed by atoms with Gasteiger partial charge in [-0.05, 0) is 36.5 Å². The number of rotatable bonds is 10. The maximum Gasteiger partial charge on any atom is 0.243 e. The zero-order valence-corrected chi connectivity index (χ0v) is 21.9. The van der Waals surface area contributed by atoms with E-state index < -0.39 is 10.0 Å². The van der Waals surface area contributed by atoms with Crippen LogP contribution in [0.3, 0.4) is 0 Å². The van der Waals surface area contributed by atoms with Crippen LogP contribution < -0.4 is 5.32 Å². The van der Waals surface area contributed by atoms with E-state index in [0.29, 0.717) is 29.7 Å². The van der Waals surface area contributed by atoms with E-state index in [0.717, 1.165) is 28.5 Å². The van der Waals surface area contributed by atoms with Crippen LogP contribution in [0.5, 0.6) is 0 Å². The van der Waals surface area contributed by atoms with Gasteiger partial charge in [-0.1, -0.05) is 84.6 Å². The molecule has 0 amide bonds. The highest BCUT2D eigenvalue weighted by atomic mass is 32.2. The molecule has 2 heterocycles. The molecular formula is C25H28N4O3S3. The van der Waals surface area contributed by atoms with E-state index in [9.17, 15) is 13.2 Å². The normalized spacial score (nSPS) is 15.5. The first kappa shape index (κ1) is 25.6. The highest BCUT2D eigenvalue weighted by molar-refractivity contribution is 8.01. The average Bonchev–Trinajstić information content (AvgIpc) is 3.34. The fourth-order valence-electron chi connectivity index (χ4n) is 3.67. The van der Waals surface area contributed by atoms with Crippen LogP contribution in [0.1, 0.15) is 35.7 Å².